The van der Waals surface area contributed by atoms with E-state index in [0.717, 1.165) is 35.1 Å². The molecule has 5 heteroatoms. The van der Waals surface area contributed by atoms with Gasteiger partial charge in [-0.05, 0) is 69.1 Å². The van der Waals surface area contributed by atoms with E-state index in [9.17, 15) is 0 Å². The van der Waals surface area contributed by atoms with Gasteiger partial charge in [0.1, 0.15) is 0 Å². The zero-order chi connectivity index (χ0) is 15.4. The highest BCUT2D eigenvalue weighted by Crippen LogP contribution is 2.31. The van der Waals surface area contributed by atoms with E-state index in [4.69, 9.17) is 5.73 Å². The van der Waals surface area contributed by atoms with Crippen molar-refractivity contribution < 1.29 is 0 Å². The zero-order valence-electron chi connectivity index (χ0n) is 12.9. The van der Waals surface area contributed by atoms with Crippen LogP contribution >= 0.6 is 31.9 Å². The second kappa shape index (κ2) is 8.06. The zero-order valence-corrected chi connectivity index (χ0v) is 16.0. The number of likely N-dealkylation sites (N-methyl/N-ethyl adjacent to an activating group) is 1. The normalized spacial score (nSPS) is 21.1. The van der Waals surface area contributed by atoms with Crippen molar-refractivity contribution in [3.8, 4) is 0 Å². The first-order valence-corrected chi connectivity index (χ1v) is 9.32. The maximum Gasteiger partial charge on any atom is 0.0471 e. The van der Waals surface area contributed by atoms with Gasteiger partial charge in [0.25, 0.3) is 0 Å². The van der Waals surface area contributed by atoms with Crippen LogP contribution in [0.3, 0.4) is 0 Å². The van der Waals surface area contributed by atoms with Gasteiger partial charge in [-0.2, -0.15) is 0 Å². The Morgan fingerprint density at radius 2 is 2.00 bits per heavy atom. The fourth-order valence-electron chi connectivity index (χ4n) is 3.30. The van der Waals surface area contributed by atoms with Crippen LogP contribution in [0.15, 0.2) is 27.1 Å². The van der Waals surface area contributed by atoms with Crippen molar-refractivity contribution >= 4 is 31.9 Å². The van der Waals surface area contributed by atoms with Crippen molar-refractivity contribution in [1.82, 2.24) is 9.80 Å². The van der Waals surface area contributed by atoms with Gasteiger partial charge in [-0.25, -0.2) is 0 Å². The molecule has 1 aromatic rings. The largest absolute Gasteiger partial charge is 0.329 e. The molecule has 1 aromatic carbocycles. The van der Waals surface area contributed by atoms with Crippen molar-refractivity contribution in [2.75, 3.05) is 32.7 Å². The number of nitrogens with two attached hydrogens (primary N) is 1. The van der Waals surface area contributed by atoms with E-state index in [2.05, 4.69) is 73.7 Å². The Labute approximate surface area is 145 Å². The third kappa shape index (κ3) is 4.08. The summed E-state index contributed by atoms with van der Waals surface area (Å²) in [4.78, 5) is 5.10. The lowest BCUT2D eigenvalue weighted by atomic mass is 10.1. The number of hydrogen-bond donors (Lipinski definition) is 1. The molecule has 0 radical (unpaired) electrons. The Morgan fingerprint density at radius 3 is 2.57 bits per heavy atom. The fourth-order valence-corrected chi connectivity index (χ4v) is 3.95. The molecule has 0 aliphatic carbocycles. The van der Waals surface area contributed by atoms with Gasteiger partial charge in [-0.15, -0.1) is 0 Å². The molecular formula is C16H25Br2N3. The first-order chi connectivity index (χ1) is 10.1. The Bertz CT molecular complexity index is 463. The van der Waals surface area contributed by atoms with Crippen molar-refractivity contribution in [2.45, 2.75) is 32.4 Å². The Balaban J connectivity index is 2.10. The van der Waals surface area contributed by atoms with Crippen LogP contribution in [0.5, 0.6) is 0 Å². The molecule has 1 aliphatic rings. The number of benzene rings is 1. The van der Waals surface area contributed by atoms with E-state index in [-0.39, 0.29) is 0 Å². The predicted molar refractivity (Wildman–Crippen MR) is 96.5 cm³/mol. The van der Waals surface area contributed by atoms with E-state index in [1.54, 1.807) is 0 Å². The van der Waals surface area contributed by atoms with Gasteiger partial charge in [0, 0.05) is 40.7 Å². The molecule has 0 amide bonds. The molecule has 3 nitrogen and oxygen atoms in total. The third-order valence-corrected chi connectivity index (χ3v) is 6.40. The van der Waals surface area contributed by atoms with Crippen LogP contribution < -0.4 is 5.73 Å². The highest BCUT2D eigenvalue weighted by Gasteiger charge is 2.30. The monoisotopic (exact) mass is 417 g/mol. The van der Waals surface area contributed by atoms with Gasteiger partial charge in [0.15, 0.2) is 0 Å². The SMILES string of the molecule is CCN(CC)C1CCN(C(CN)c2ccc(Br)c(Br)c2)C1. The Hall–Kier alpha value is 0.0600. The van der Waals surface area contributed by atoms with E-state index in [1.807, 2.05) is 0 Å². The molecule has 2 atom stereocenters. The molecular weight excluding hydrogens is 394 g/mol. The van der Waals surface area contributed by atoms with Gasteiger partial charge in [0.2, 0.25) is 0 Å². The van der Waals surface area contributed by atoms with Crippen LogP contribution in [0.1, 0.15) is 31.9 Å². The molecule has 118 valence electrons. The maximum atomic E-state index is 6.08. The average molecular weight is 419 g/mol. The maximum absolute atomic E-state index is 6.08. The molecule has 0 aromatic heterocycles. The fraction of sp³-hybridized carbons (Fsp3) is 0.625. The molecule has 0 spiro atoms. The van der Waals surface area contributed by atoms with E-state index in [0.29, 0.717) is 18.6 Å². The quantitative estimate of drug-likeness (QED) is 0.765. The summed E-state index contributed by atoms with van der Waals surface area (Å²) in [6.07, 6.45) is 1.25. The molecule has 2 rings (SSSR count). The molecule has 21 heavy (non-hydrogen) atoms. The van der Waals surface area contributed by atoms with Crippen molar-refractivity contribution in [2.24, 2.45) is 5.73 Å². The number of hydrogen-bond acceptors (Lipinski definition) is 3. The molecule has 0 saturated carbocycles. The average Bonchev–Trinajstić information content (AvgIpc) is 2.94. The molecule has 1 saturated heterocycles. The summed E-state index contributed by atoms with van der Waals surface area (Å²) in [5, 5.41) is 0. The lowest BCUT2D eigenvalue weighted by Gasteiger charge is -2.30. The molecule has 1 aliphatic heterocycles. The Kier molecular flexibility index (Phi) is 6.69. The van der Waals surface area contributed by atoms with E-state index < -0.39 is 0 Å². The van der Waals surface area contributed by atoms with Crippen molar-refractivity contribution in [3.63, 3.8) is 0 Å². The summed E-state index contributed by atoms with van der Waals surface area (Å²) in [5.74, 6) is 0. The highest BCUT2D eigenvalue weighted by atomic mass is 79.9. The summed E-state index contributed by atoms with van der Waals surface area (Å²) in [5.41, 5.74) is 7.38. The van der Waals surface area contributed by atoms with Crippen LogP contribution in [0.2, 0.25) is 0 Å². The van der Waals surface area contributed by atoms with Gasteiger partial charge in [0.05, 0.1) is 0 Å². The summed E-state index contributed by atoms with van der Waals surface area (Å²) < 4.78 is 2.18. The van der Waals surface area contributed by atoms with Crippen LogP contribution in [0, 0.1) is 0 Å². The summed E-state index contributed by atoms with van der Waals surface area (Å²) in [7, 11) is 0. The number of nitrogens with zero attached hydrogens (tertiary/aromatic N) is 2. The van der Waals surface area contributed by atoms with Crippen LogP contribution in [0.25, 0.3) is 0 Å². The van der Waals surface area contributed by atoms with Crippen LogP contribution in [0.4, 0.5) is 0 Å². The summed E-state index contributed by atoms with van der Waals surface area (Å²) >= 11 is 7.13. The van der Waals surface area contributed by atoms with Gasteiger partial charge in [-0.1, -0.05) is 19.9 Å². The van der Waals surface area contributed by atoms with Gasteiger partial charge >= 0.3 is 0 Å². The first-order valence-electron chi connectivity index (χ1n) is 7.73. The second-order valence-corrected chi connectivity index (χ2v) is 7.29. The predicted octanol–water partition coefficient (Wildman–Crippen LogP) is 3.63. The van der Waals surface area contributed by atoms with Gasteiger partial charge < -0.3 is 5.73 Å². The summed E-state index contributed by atoms with van der Waals surface area (Å²) in [6.45, 7) is 9.68. The first kappa shape index (κ1) is 17.4. The molecule has 2 unspecified atom stereocenters. The molecule has 1 fully saturated rings. The second-order valence-electron chi connectivity index (χ2n) is 5.58. The topological polar surface area (TPSA) is 32.5 Å². The van der Waals surface area contributed by atoms with Crippen molar-refractivity contribution in [3.05, 3.63) is 32.7 Å². The Morgan fingerprint density at radius 1 is 1.29 bits per heavy atom. The smallest absolute Gasteiger partial charge is 0.0471 e. The van der Waals surface area contributed by atoms with Crippen molar-refractivity contribution in [1.29, 1.82) is 0 Å². The lowest BCUT2D eigenvalue weighted by molar-refractivity contribution is 0.189. The minimum Gasteiger partial charge on any atom is -0.329 e. The number of likely N-dealkylation sites (tertiary alicyclic amines) is 1. The number of rotatable bonds is 6. The van der Waals surface area contributed by atoms with Gasteiger partial charge in [-0.3, -0.25) is 9.80 Å². The minimum atomic E-state index is 0.315. The van der Waals surface area contributed by atoms with Crippen LogP contribution in [-0.2, 0) is 0 Å². The van der Waals surface area contributed by atoms with E-state index >= 15 is 0 Å². The third-order valence-electron chi connectivity index (χ3n) is 4.52. The van der Waals surface area contributed by atoms with Crippen LogP contribution in [-0.4, -0.2) is 48.6 Å². The number of halogens is 2. The van der Waals surface area contributed by atoms with E-state index in [1.165, 1.54) is 12.0 Å². The molecule has 0 bridgehead atoms. The molecule has 2 N–H and O–H groups in total. The molecule has 1 heterocycles. The summed E-state index contributed by atoms with van der Waals surface area (Å²) in [6, 6.07) is 7.45. The highest BCUT2D eigenvalue weighted by molar-refractivity contribution is 9.13. The standard InChI is InChI=1S/C16H25Br2N3/c1-3-20(4-2)13-7-8-21(11-13)16(10-19)12-5-6-14(17)15(18)9-12/h5-6,9,13,16H,3-4,7-8,10-11,19H2,1-2H3. The minimum absolute atomic E-state index is 0.315. The lowest BCUT2D eigenvalue weighted by Crippen LogP contribution is -2.39.